The number of fused-ring (bicyclic) bond motifs is 1. The second-order valence-corrected chi connectivity index (χ2v) is 5.82. The molecule has 0 aliphatic carbocycles. The number of pyridine rings is 1. The van der Waals surface area contributed by atoms with Gasteiger partial charge in [-0.05, 0) is 22.8 Å². The highest BCUT2D eigenvalue weighted by atomic mass is 16.5. The highest BCUT2D eigenvalue weighted by molar-refractivity contribution is 5.66. The predicted octanol–water partition coefficient (Wildman–Crippen LogP) is 3.41. The van der Waals surface area contributed by atoms with Gasteiger partial charge in [0.25, 0.3) is 0 Å². The summed E-state index contributed by atoms with van der Waals surface area (Å²) < 4.78 is 7.38. The molecule has 0 atom stereocenters. The van der Waals surface area contributed by atoms with E-state index in [2.05, 4.69) is 10.2 Å². The van der Waals surface area contributed by atoms with Crippen LogP contribution in [0.2, 0.25) is 0 Å². The van der Waals surface area contributed by atoms with Crippen LogP contribution in [0.4, 0.5) is 0 Å². The lowest BCUT2D eigenvalue weighted by Gasteiger charge is -2.09. The second kappa shape index (κ2) is 6.75. The Balaban J connectivity index is 1.66. The standard InChI is InChI=1S/C20H17N3O2/c24-20-22-21-19-18(14-25-13-15-7-3-1-4-8-15)11-17(12-23(19)20)16-9-5-2-6-10-16/h1-12H,13-14H2,(H,22,24). The molecular weight excluding hydrogens is 314 g/mol. The maximum Gasteiger partial charge on any atom is 0.347 e. The largest absolute Gasteiger partial charge is 0.372 e. The van der Waals surface area contributed by atoms with Gasteiger partial charge >= 0.3 is 5.69 Å². The van der Waals surface area contributed by atoms with Crippen LogP contribution in [0.5, 0.6) is 0 Å². The van der Waals surface area contributed by atoms with E-state index in [1.54, 1.807) is 6.20 Å². The number of rotatable bonds is 5. The molecule has 0 amide bonds. The first kappa shape index (κ1) is 15.4. The number of H-pyrrole nitrogens is 1. The summed E-state index contributed by atoms with van der Waals surface area (Å²) in [5.41, 5.74) is 4.32. The molecular formula is C20H17N3O2. The first-order chi connectivity index (χ1) is 12.3. The predicted molar refractivity (Wildman–Crippen MR) is 96.2 cm³/mol. The van der Waals surface area contributed by atoms with E-state index in [1.165, 1.54) is 4.40 Å². The second-order valence-electron chi connectivity index (χ2n) is 5.82. The lowest BCUT2D eigenvalue weighted by Crippen LogP contribution is -2.10. The number of benzene rings is 2. The zero-order valence-electron chi connectivity index (χ0n) is 13.6. The number of aromatic nitrogens is 3. The van der Waals surface area contributed by atoms with E-state index in [-0.39, 0.29) is 5.69 Å². The fraction of sp³-hybridized carbons (Fsp3) is 0.100. The highest BCUT2D eigenvalue weighted by Gasteiger charge is 2.10. The molecule has 4 aromatic rings. The van der Waals surface area contributed by atoms with Crippen LogP contribution in [0.15, 0.2) is 77.7 Å². The van der Waals surface area contributed by atoms with E-state index in [1.807, 2.05) is 66.7 Å². The Hall–Kier alpha value is -3.18. The summed E-state index contributed by atoms with van der Waals surface area (Å²) in [6.45, 7) is 0.889. The lowest BCUT2D eigenvalue weighted by atomic mass is 10.1. The molecule has 25 heavy (non-hydrogen) atoms. The van der Waals surface area contributed by atoms with Gasteiger partial charge in [0.05, 0.1) is 13.2 Å². The monoisotopic (exact) mass is 331 g/mol. The van der Waals surface area contributed by atoms with Crippen LogP contribution in [0.1, 0.15) is 11.1 Å². The summed E-state index contributed by atoms with van der Waals surface area (Å²) in [6.07, 6.45) is 1.80. The first-order valence-electron chi connectivity index (χ1n) is 8.08. The molecule has 2 heterocycles. The molecule has 0 saturated carbocycles. The molecule has 124 valence electrons. The van der Waals surface area contributed by atoms with Crippen molar-refractivity contribution < 1.29 is 4.74 Å². The van der Waals surface area contributed by atoms with Gasteiger partial charge in [-0.15, -0.1) is 0 Å². The summed E-state index contributed by atoms with van der Waals surface area (Å²) in [7, 11) is 0. The van der Waals surface area contributed by atoms with Gasteiger partial charge in [-0.2, -0.15) is 5.10 Å². The van der Waals surface area contributed by atoms with E-state index in [4.69, 9.17) is 4.74 Å². The zero-order valence-corrected chi connectivity index (χ0v) is 13.6. The van der Waals surface area contributed by atoms with Gasteiger partial charge < -0.3 is 4.74 Å². The third-order valence-electron chi connectivity index (χ3n) is 4.07. The summed E-state index contributed by atoms with van der Waals surface area (Å²) >= 11 is 0. The normalized spacial score (nSPS) is 11.0. The Morgan fingerprint density at radius 1 is 0.920 bits per heavy atom. The van der Waals surface area contributed by atoms with E-state index in [9.17, 15) is 4.79 Å². The van der Waals surface area contributed by atoms with Crippen molar-refractivity contribution >= 4 is 5.65 Å². The topological polar surface area (TPSA) is 59.4 Å². The number of hydrogen-bond donors (Lipinski definition) is 1. The molecule has 0 spiro atoms. The van der Waals surface area contributed by atoms with Gasteiger partial charge in [0.15, 0.2) is 5.65 Å². The summed E-state index contributed by atoms with van der Waals surface area (Å²) in [6, 6.07) is 22.0. The maximum absolute atomic E-state index is 12.0. The van der Waals surface area contributed by atoms with Crippen molar-refractivity contribution in [1.29, 1.82) is 0 Å². The lowest BCUT2D eigenvalue weighted by molar-refractivity contribution is 0.107. The number of hydrogen-bond acceptors (Lipinski definition) is 3. The average molecular weight is 331 g/mol. The van der Waals surface area contributed by atoms with E-state index in [0.717, 1.165) is 22.3 Å². The minimum absolute atomic E-state index is 0.253. The van der Waals surface area contributed by atoms with Crippen molar-refractivity contribution in [3.63, 3.8) is 0 Å². The Bertz CT molecular complexity index is 1040. The number of aromatic amines is 1. The van der Waals surface area contributed by atoms with Gasteiger partial charge in [-0.25, -0.2) is 14.3 Å². The molecule has 0 bridgehead atoms. The van der Waals surface area contributed by atoms with Crippen molar-refractivity contribution in [3.8, 4) is 11.1 Å². The summed E-state index contributed by atoms with van der Waals surface area (Å²) in [5, 5.41) is 6.63. The van der Waals surface area contributed by atoms with Gasteiger partial charge in [0.1, 0.15) is 0 Å². The van der Waals surface area contributed by atoms with Crippen LogP contribution in [-0.2, 0) is 18.0 Å². The minimum Gasteiger partial charge on any atom is -0.372 e. The molecule has 4 rings (SSSR count). The molecule has 0 aliphatic rings. The molecule has 2 aromatic heterocycles. The molecule has 1 N–H and O–H groups in total. The summed E-state index contributed by atoms with van der Waals surface area (Å²) in [5.74, 6) is 0. The van der Waals surface area contributed by atoms with Crippen molar-refractivity contribution in [2.24, 2.45) is 0 Å². The van der Waals surface area contributed by atoms with E-state index >= 15 is 0 Å². The van der Waals surface area contributed by atoms with E-state index in [0.29, 0.717) is 18.9 Å². The number of nitrogens with one attached hydrogen (secondary N) is 1. The molecule has 2 aromatic carbocycles. The average Bonchev–Trinajstić information content (AvgIpc) is 3.04. The summed E-state index contributed by atoms with van der Waals surface area (Å²) in [4.78, 5) is 12.0. The zero-order chi connectivity index (χ0) is 17.1. The highest BCUT2D eigenvalue weighted by Crippen LogP contribution is 2.22. The molecule has 0 aliphatic heterocycles. The Morgan fingerprint density at radius 2 is 1.64 bits per heavy atom. The third kappa shape index (κ3) is 3.22. The van der Waals surface area contributed by atoms with Crippen molar-refractivity contribution in [3.05, 3.63) is 94.5 Å². The van der Waals surface area contributed by atoms with Crippen LogP contribution in [0, 0.1) is 0 Å². The van der Waals surface area contributed by atoms with Crippen LogP contribution in [-0.4, -0.2) is 14.6 Å². The van der Waals surface area contributed by atoms with Crippen molar-refractivity contribution in [1.82, 2.24) is 14.6 Å². The molecule has 5 heteroatoms. The SMILES string of the molecule is O=c1[nH]nc2c(COCc3ccccc3)cc(-c3ccccc3)cn12. The van der Waals surface area contributed by atoms with Gasteiger partial charge in [0.2, 0.25) is 0 Å². The Labute approximate surface area is 144 Å². The fourth-order valence-electron chi connectivity index (χ4n) is 2.83. The fourth-order valence-corrected chi connectivity index (χ4v) is 2.83. The molecule has 0 radical (unpaired) electrons. The van der Waals surface area contributed by atoms with Gasteiger partial charge in [0, 0.05) is 11.8 Å². The van der Waals surface area contributed by atoms with E-state index < -0.39 is 0 Å². The third-order valence-corrected chi connectivity index (χ3v) is 4.07. The van der Waals surface area contributed by atoms with Crippen LogP contribution in [0.25, 0.3) is 16.8 Å². The molecule has 5 nitrogen and oxygen atoms in total. The van der Waals surface area contributed by atoms with Crippen molar-refractivity contribution in [2.45, 2.75) is 13.2 Å². The van der Waals surface area contributed by atoms with Crippen molar-refractivity contribution in [2.75, 3.05) is 0 Å². The minimum atomic E-state index is -0.253. The molecule has 0 fully saturated rings. The van der Waals surface area contributed by atoms with Crippen LogP contribution < -0.4 is 5.69 Å². The van der Waals surface area contributed by atoms with Gasteiger partial charge in [-0.1, -0.05) is 60.7 Å². The first-order valence-corrected chi connectivity index (χ1v) is 8.08. The molecule has 0 saturated heterocycles. The van der Waals surface area contributed by atoms with Gasteiger partial charge in [-0.3, -0.25) is 0 Å². The van der Waals surface area contributed by atoms with Crippen LogP contribution >= 0.6 is 0 Å². The van der Waals surface area contributed by atoms with Crippen LogP contribution in [0.3, 0.4) is 0 Å². The number of ether oxygens (including phenoxy) is 1. The maximum atomic E-state index is 12.0. The quantitative estimate of drug-likeness (QED) is 0.610. The smallest absolute Gasteiger partial charge is 0.347 e. The Morgan fingerprint density at radius 3 is 2.40 bits per heavy atom. The molecule has 0 unspecified atom stereocenters. The Kier molecular flexibility index (Phi) is 4.14. The number of nitrogens with zero attached hydrogens (tertiary/aromatic N) is 2.